The van der Waals surface area contributed by atoms with E-state index in [0.29, 0.717) is 36.7 Å². The van der Waals surface area contributed by atoms with Gasteiger partial charge < -0.3 is 24.4 Å². The average molecular weight is 680 g/mol. The zero-order valence-electron chi connectivity index (χ0n) is 28.8. The molecule has 3 fully saturated rings. The lowest BCUT2D eigenvalue weighted by Crippen LogP contribution is -2.62. The predicted octanol–water partition coefficient (Wildman–Crippen LogP) is 5.56. The number of halogens is 2. The van der Waals surface area contributed by atoms with Crippen LogP contribution in [-0.2, 0) is 27.9 Å². The Morgan fingerprint density at radius 3 is 2.35 bits per heavy atom. The number of nitrogens with zero attached hydrogens (tertiary/aromatic N) is 3. The number of rotatable bonds is 5. The number of ether oxygens (including phenoxy) is 2. The summed E-state index contributed by atoms with van der Waals surface area (Å²) in [5.74, 6) is -3.43. The van der Waals surface area contributed by atoms with Gasteiger partial charge >= 0.3 is 6.09 Å². The van der Waals surface area contributed by atoms with Crippen LogP contribution >= 0.6 is 0 Å². The van der Waals surface area contributed by atoms with Crippen LogP contribution in [-0.4, -0.2) is 101 Å². The molecule has 3 heterocycles. The number of carbonyl (C=O) groups is 3. The van der Waals surface area contributed by atoms with Gasteiger partial charge in [0.15, 0.2) is 0 Å². The molecule has 5 aliphatic rings. The highest BCUT2D eigenvalue weighted by atomic mass is 19.3. The average Bonchev–Trinajstić information content (AvgIpc) is 3.03. The number of likely N-dealkylation sites (tertiary alicyclic amines) is 1. The minimum absolute atomic E-state index is 0.00816. The standard InChI is InChI=1S/C38H47F2N3O6/c1-35(2,3)49-34(47)43-19-26-8-6-5-7-24(26)16-30(43)31(44)20-42-23-37(21-38(39,40)22-37)29-15-25(9-10-28(29)33(42)46)32(45)41-13-11-36(12-14-41)17-27(18-36)48-4/h5-10,15,27,30-31,44H,11-14,16-23H2,1-4H3/t30?,31-/m1/s1. The van der Waals surface area contributed by atoms with E-state index < -0.39 is 48.0 Å². The number of fused-ring (bicyclic) bond motifs is 3. The normalized spacial score (nSPS) is 24.5. The molecule has 2 atom stereocenters. The van der Waals surface area contributed by atoms with Gasteiger partial charge in [-0.3, -0.25) is 14.5 Å². The summed E-state index contributed by atoms with van der Waals surface area (Å²) >= 11 is 0. The summed E-state index contributed by atoms with van der Waals surface area (Å²) in [4.78, 5) is 45.8. The highest BCUT2D eigenvalue weighted by molar-refractivity contribution is 6.00. The first-order valence-electron chi connectivity index (χ1n) is 17.5. The van der Waals surface area contributed by atoms with Crippen molar-refractivity contribution in [2.75, 3.05) is 33.3 Å². The molecule has 3 amide bonds. The molecule has 3 aliphatic heterocycles. The van der Waals surface area contributed by atoms with E-state index in [1.165, 1.54) is 9.80 Å². The summed E-state index contributed by atoms with van der Waals surface area (Å²) in [6.45, 7) is 6.68. The van der Waals surface area contributed by atoms with Gasteiger partial charge in [-0.2, -0.15) is 0 Å². The summed E-state index contributed by atoms with van der Waals surface area (Å²) in [5.41, 5.74) is 1.55. The topological polar surface area (TPSA) is 99.6 Å². The number of carbonyl (C=O) groups excluding carboxylic acids is 3. The molecule has 49 heavy (non-hydrogen) atoms. The van der Waals surface area contributed by atoms with Crippen molar-refractivity contribution in [2.24, 2.45) is 5.41 Å². The zero-order valence-corrected chi connectivity index (χ0v) is 28.8. The summed E-state index contributed by atoms with van der Waals surface area (Å²) in [5, 5.41) is 11.7. The highest BCUT2D eigenvalue weighted by Crippen LogP contribution is 2.56. The van der Waals surface area contributed by atoms with Gasteiger partial charge in [0, 0.05) is 69.2 Å². The minimum atomic E-state index is -2.90. The maximum Gasteiger partial charge on any atom is 0.410 e. The second-order valence-corrected chi connectivity index (χ2v) is 16.2. The fraction of sp³-hybridized carbons (Fsp3) is 0.605. The molecule has 2 aromatic rings. The molecule has 9 nitrogen and oxygen atoms in total. The number of hydrogen-bond acceptors (Lipinski definition) is 6. The van der Waals surface area contributed by atoms with E-state index in [2.05, 4.69) is 0 Å². The smallest absolute Gasteiger partial charge is 0.410 e. The third kappa shape index (κ3) is 6.33. The van der Waals surface area contributed by atoms with Crippen molar-refractivity contribution in [2.45, 2.75) is 107 Å². The van der Waals surface area contributed by atoms with Crippen LogP contribution in [0.25, 0.3) is 0 Å². The Morgan fingerprint density at radius 1 is 1.04 bits per heavy atom. The number of β-amino-alcohol motifs (C(OH)–C–C–N with tert-alkyl or cyclic N) is 1. The largest absolute Gasteiger partial charge is 0.444 e. The van der Waals surface area contributed by atoms with Crippen LogP contribution in [0.15, 0.2) is 42.5 Å². The fourth-order valence-corrected chi connectivity index (χ4v) is 8.99. The van der Waals surface area contributed by atoms with Gasteiger partial charge in [-0.15, -0.1) is 0 Å². The van der Waals surface area contributed by atoms with Gasteiger partial charge in [0.1, 0.15) is 5.60 Å². The Morgan fingerprint density at radius 2 is 1.71 bits per heavy atom. The second-order valence-electron chi connectivity index (χ2n) is 16.2. The zero-order chi connectivity index (χ0) is 34.9. The molecular formula is C38H47F2N3O6. The molecule has 1 saturated heterocycles. The highest BCUT2D eigenvalue weighted by Gasteiger charge is 2.61. The quantitative estimate of drug-likeness (QED) is 0.444. The number of aliphatic hydroxyl groups is 1. The van der Waals surface area contributed by atoms with Gasteiger partial charge in [-0.25, -0.2) is 13.6 Å². The number of aliphatic hydroxyl groups excluding tert-OH is 1. The molecule has 0 radical (unpaired) electrons. The lowest BCUT2D eigenvalue weighted by Gasteiger charge is -2.53. The van der Waals surface area contributed by atoms with Crippen molar-refractivity contribution in [3.8, 4) is 0 Å². The lowest BCUT2D eigenvalue weighted by molar-refractivity contribution is -0.135. The van der Waals surface area contributed by atoms with E-state index in [0.717, 1.165) is 36.8 Å². The fourth-order valence-electron chi connectivity index (χ4n) is 8.99. The molecule has 2 spiro atoms. The third-order valence-electron chi connectivity index (χ3n) is 11.6. The molecule has 0 aromatic heterocycles. The third-order valence-corrected chi connectivity index (χ3v) is 11.6. The van der Waals surface area contributed by atoms with E-state index in [1.807, 2.05) is 29.2 Å². The molecule has 1 unspecified atom stereocenters. The molecule has 0 bridgehead atoms. The first-order valence-corrected chi connectivity index (χ1v) is 17.5. The first-order chi connectivity index (χ1) is 23.1. The predicted molar refractivity (Wildman–Crippen MR) is 178 cm³/mol. The van der Waals surface area contributed by atoms with Gasteiger partial charge in [0.25, 0.3) is 11.8 Å². The minimum Gasteiger partial charge on any atom is -0.444 e. The summed E-state index contributed by atoms with van der Waals surface area (Å²) in [6.07, 6.45) is 1.88. The second kappa shape index (κ2) is 12.0. The monoisotopic (exact) mass is 679 g/mol. The van der Waals surface area contributed by atoms with Crippen molar-refractivity contribution in [3.63, 3.8) is 0 Å². The van der Waals surface area contributed by atoms with Crippen molar-refractivity contribution >= 4 is 17.9 Å². The first kappa shape index (κ1) is 33.9. The Labute approximate surface area is 286 Å². The van der Waals surface area contributed by atoms with Crippen molar-refractivity contribution in [3.05, 3.63) is 70.3 Å². The SMILES string of the molecule is COC1CC2(CCN(C(=O)c3ccc4c(c3)C3(CN(C[C@@H](O)C5Cc6ccccc6CN5C(=O)OC(C)(C)C)C4=O)CC(F)(F)C3)CC2)C1. The number of hydrogen-bond donors (Lipinski definition) is 1. The summed E-state index contributed by atoms with van der Waals surface area (Å²) in [6, 6.07) is 11.9. The Balaban J connectivity index is 1.11. The van der Waals surface area contributed by atoms with Gasteiger partial charge in [-0.1, -0.05) is 24.3 Å². The van der Waals surface area contributed by atoms with Crippen LogP contribution in [0, 0.1) is 5.41 Å². The van der Waals surface area contributed by atoms with Crippen molar-refractivity contribution in [1.82, 2.24) is 14.7 Å². The molecule has 2 saturated carbocycles. The Kier molecular flexibility index (Phi) is 8.33. The van der Waals surface area contributed by atoms with Gasteiger partial charge in [0.05, 0.1) is 18.2 Å². The summed E-state index contributed by atoms with van der Waals surface area (Å²) < 4.78 is 40.5. The van der Waals surface area contributed by atoms with Crippen LogP contribution in [0.5, 0.6) is 0 Å². The van der Waals surface area contributed by atoms with Gasteiger partial charge in [-0.05, 0) is 93.2 Å². The number of piperidine rings is 1. The van der Waals surface area contributed by atoms with Crippen LogP contribution in [0.2, 0.25) is 0 Å². The van der Waals surface area contributed by atoms with Crippen molar-refractivity contribution < 1.29 is 37.7 Å². The van der Waals surface area contributed by atoms with Crippen LogP contribution in [0.4, 0.5) is 13.6 Å². The number of benzene rings is 2. The van der Waals surface area contributed by atoms with Crippen molar-refractivity contribution in [1.29, 1.82) is 0 Å². The molecule has 2 aliphatic carbocycles. The van der Waals surface area contributed by atoms with Crippen LogP contribution in [0.3, 0.4) is 0 Å². The molecular weight excluding hydrogens is 632 g/mol. The van der Waals surface area contributed by atoms with E-state index in [9.17, 15) is 28.3 Å². The number of methoxy groups -OCH3 is 1. The van der Waals surface area contributed by atoms with E-state index in [1.54, 1.807) is 46.1 Å². The van der Waals surface area contributed by atoms with Gasteiger partial charge in [0.2, 0.25) is 5.92 Å². The molecule has 1 N–H and O–H groups in total. The van der Waals surface area contributed by atoms with Crippen LogP contribution in [0.1, 0.15) is 96.7 Å². The molecule has 264 valence electrons. The van der Waals surface area contributed by atoms with E-state index in [4.69, 9.17) is 9.47 Å². The van der Waals surface area contributed by atoms with E-state index >= 15 is 0 Å². The molecule has 11 heteroatoms. The maximum atomic E-state index is 14.7. The lowest BCUT2D eigenvalue weighted by atomic mass is 9.59. The Bertz CT molecular complexity index is 1630. The Hall–Kier alpha value is -3.57. The van der Waals surface area contributed by atoms with E-state index in [-0.39, 0.29) is 42.4 Å². The molecule has 2 aromatic carbocycles. The van der Waals surface area contributed by atoms with Crippen LogP contribution < -0.4 is 0 Å². The maximum absolute atomic E-state index is 14.7. The number of amides is 3. The summed E-state index contributed by atoms with van der Waals surface area (Å²) in [7, 11) is 1.74. The number of alkyl halides is 2. The molecule has 7 rings (SSSR count).